The largest absolute Gasteiger partial charge is 0.478 e. The van der Waals surface area contributed by atoms with Crippen molar-refractivity contribution in [1.29, 1.82) is 0 Å². The van der Waals surface area contributed by atoms with Crippen LogP contribution in [-0.4, -0.2) is 60.1 Å². The van der Waals surface area contributed by atoms with Gasteiger partial charge in [0, 0.05) is 30.7 Å². The van der Waals surface area contributed by atoms with Gasteiger partial charge in [-0.05, 0) is 25.2 Å². The number of urea groups is 1. The molecule has 1 aromatic rings. The standard InChI is InChI=1S/C13H16BrN3O3/c1-16-4-6-17(7-5-16)13(20)15-11-8-9(14)2-3-10(11)12(18)19/h2-3,8H,4-7H2,1H3,(H,15,20)(H,18,19). The Morgan fingerprint density at radius 2 is 1.90 bits per heavy atom. The topological polar surface area (TPSA) is 72.9 Å². The number of hydrogen-bond acceptors (Lipinski definition) is 3. The summed E-state index contributed by atoms with van der Waals surface area (Å²) in [6.45, 7) is 2.91. The monoisotopic (exact) mass is 341 g/mol. The number of nitrogens with zero attached hydrogens (tertiary/aromatic N) is 2. The summed E-state index contributed by atoms with van der Waals surface area (Å²) < 4.78 is 0.719. The van der Waals surface area contributed by atoms with Gasteiger partial charge >= 0.3 is 12.0 Å². The van der Waals surface area contributed by atoms with Crippen LogP contribution in [-0.2, 0) is 0 Å². The first-order chi connectivity index (χ1) is 9.47. The molecule has 1 fully saturated rings. The summed E-state index contributed by atoms with van der Waals surface area (Å²) in [5.74, 6) is -1.06. The fraction of sp³-hybridized carbons (Fsp3) is 0.385. The number of amides is 2. The molecule has 1 aliphatic rings. The quantitative estimate of drug-likeness (QED) is 0.861. The van der Waals surface area contributed by atoms with E-state index in [1.807, 2.05) is 7.05 Å². The lowest BCUT2D eigenvalue weighted by molar-refractivity contribution is 0.0698. The number of benzene rings is 1. The van der Waals surface area contributed by atoms with Crippen LogP contribution in [0.5, 0.6) is 0 Å². The number of hydrogen-bond donors (Lipinski definition) is 2. The second-order valence-electron chi connectivity index (χ2n) is 4.72. The fourth-order valence-electron chi connectivity index (χ4n) is 2.01. The van der Waals surface area contributed by atoms with E-state index < -0.39 is 5.97 Å². The molecule has 6 nitrogen and oxygen atoms in total. The summed E-state index contributed by atoms with van der Waals surface area (Å²) in [7, 11) is 2.01. The highest BCUT2D eigenvalue weighted by molar-refractivity contribution is 9.10. The van der Waals surface area contributed by atoms with Gasteiger partial charge in [-0.1, -0.05) is 15.9 Å². The molecule has 0 atom stereocenters. The molecule has 0 saturated carbocycles. The van der Waals surface area contributed by atoms with Gasteiger partial charge in [-0.3, -0.25) is 0 Å². The van der Waals surface area contributed by atoms with E-state index in [0.29, 0.717) is 18.8 Å². The number of aromatic carboxylic acids is 1. The van der Waals surface area contributed by atoms with Gasteiger partial charge in [0.25, 0.3) is 0 Å². The Labute approximate surface area is 125 Å². The lowest BCUT2D eigenvalue weighted by Gasteiger charge is -2.32. The zero-order chi connectivity index (χ0) is 14.7. The zero-order valence-electron chi connectivity index (χ0n) is 11.1. The number of anilines is 1. The van der Waals surface area contributed by atoms with Crippen molar-refractivity contribution in [2.24, 2.45) is 0 Å². The first kappa shape index (κ1) is 14.8. The van der Waals surface area contributed by atoms with Crippen LogP contribution in [0, 0.1) is 0 Å². The molecule has 108 valence electrons. The fourth-order valence-corrected chi connectivity index (χ4v) is 2.37. The summed E-state index contributed by atoms with van der Waals surface area (Å²) in [5.41, 5.74) is 0.381. The number of carbonyl (C=O) groups is 2. The van der Waals surface area contributed by atoms with E-state index in [-0.39, 0.29) is 11.6 Å². The highest BCUT2D eigenvalue weighted by Crippen LogP contribution is 2.22. The number of carboxylic acids is 1. The first-order valence-electron chi connectivity index (χ1n) is 6.24. The molecule has 2 rings (SSSR count). The molecule has 0 radical (unpaired) electrons. The molecule has 0 bridgehead atoms. The summed E-state index contributed by atoms with van der Waals surface area (Å²) in [5, 5.41) is 11.8. The molecular formula is C13H16BrN3O3. The molecule has 2 N–H and O–H groups in total. The Hall–Kier alpha value is -1.60. The minimum atomic E-state index is -1.06. The van der Waals surface area contributed by atoms with Crippen LogP contribution in [0.2, 0.25) is 0 Å². The van der Waals surface area contributed by atoms with Crippen LogP contribution in [0.1, 0.15) is 10.4 Å². The number of carboxylic acid groups (broad SMARTS) is 1. The molecule has 7 heteroatoms. The van der Waals surface area contributed by atoms with E-state index in [1.165, 1.54) is 6.07 Å². The van der Waals surface area contributed by atoms with Gasteiger partial charge in [0.05, 0.1) is 11.3 Å². The normalized spacial score (nSPS) is 16.0. The van der Waals surface area contributed by atoms with Crippen molar-refractivity contribution in [3.05, 3.63) is 28.2 Å². The predicted octanol–water partition coefficient (Wildman–Crippen LogP) is 1.93. The summed E-state index contributed by atoms with van der Waals surface area (Å²) in [6, 6.07) is 4.43. The highest BCUT2D eigenvalue weighted by Gasteiger charge is 2.20. The van der Waals surface area contributed by atoms with E-state index in [2.05, 4.69) is 26.1 Å². The van der Waals surface area contributed by atoms with E-state index in [4.69, 9.17) is 5.11 Å². The van der Waals surface area contributed by atoms with E-state index in [9.17, 15) is 9.59 Å². The number of halogens is 1. The number of piperazine rings is 1. The summed E-state index contributed by atoms with van der Waals surface area (Å²) in [6.07, 6.45) is 0. The number of nitrogens with one attached hydrogen (secondary N) is 1. The van der Waals surface area contributed by atoms with Crippen molar-refractivity contribution in [3.8, 4) is 0 Å². The molecular weight excluding hydrogens is 326 g/mol. The van der Waals surface area contributed by atoms with E-state index in [0.717, 1.165) is 17.6 Å². The second kappa shape index (κ2) is 6.23. The van der Waals surface area contributed by atoms with Crippen LogP contribution in [0.15, 0.2) is 22.7 Å². The van der Waals surface area contributed by atoms with Crippen LogP contribution in [0.25, 0.3) is 0 Å². The third-order valence-corrected chi connectivity index (χ3v) is 3.74. The Morgan fingerprint density at radius 1 is 1.25 bits per heavy atom. The molecule has 0 unspecified atom stereocenters. The van der Waals surface area contributed by atoms with Crippen molar-refractivity contribution in [1.82, 2.24) is 9.80 Å². The maximum absolute atomic E-state index is 12.1. The molecule has 1 aromatic carbocycles. The van der Waals surface area contributed by atoms with E-state index >= 15 is 0 Å². The molecule has 1 aliphatic heterocycles. The molecule has 1 saturated heterocycles. The van der Waals surface area contributed by atoms with Crippen molar-refractivity contribution >= 4 is 33.6 Å². The first-order valence-corrected chi connectivity index (χ1v) is 7.04. The van der Waals surface area contributed by atoms with Gasteiger partial charge in [0.1, 0.15) is 0 Å². The zero-order valence-corrected chi connectivity index (χ0v) is 12.7. The van der Waals surface area contributed by atoms with Gasteiger partial charge in [-0.25, -0.2) is 9.59 Å². The van der Waals surface area contributed by atoms with Crippen molar-refractivity contribution in [3.63, 3.8) is 0 Å². The average molecular weight is 342 g/mol. The van der Waals surface area contributed by atoms with Gasteiger partial charge in [-0.15, -0.1) is 0 Å². The Bertz CT molecular complexity index is 528. The lowest BCUT2D eigenvalue weighted by Crippen LogP contribution is -2.48. The number of likely N-dealkylation sites (N-methyl/N-ethyl adjacent to an activating group) is 1. The molecule has 20 heavy (non-hydrogen) atoms. The van der Waals surface area contributed by atoms with Crippen molar-refractivity contribution < 1.29 is 14.7 Å². The third-order valence-electron chi connectivity index (χ3n) is 3.24. The third kappa shape index (κ3) is 3.49. The molecule has 0 aliphatic carbocycles. The maximum atomic E-state index is 12.1. The van der Waals surface area contributed by atoms with E-state index in [1.54, 1.807) is 17.0 Å². The number of rotatable bonds is 2. The van der Waals surface area contributed by atoms with Crippen LogP contribution >= 0.6 is 15.9 Å². The second-order valence-corrected chi connectivity index (χ2v) is 5.63. The Balaban J connectivity index is 2.11. The maximum Gasteiger partial charge on any atom is 0.337 e. The summed E-state index contributed by atoms with van der Waals surface area (Å²) >= 11 is 3.27. The van der Waals surface area contributed by atoms with Gasteiger partial charge < -0.3 is 20.2 Å². The SMILES string of the molecule is CN1CCN(C(=O)Nc2cc(Br)ccc2C(=O)O)CC1. The highest BCUT2D eigenvalue weighted by atomic mass is 79.9. The Morgan fingerprint density at radius 3 is 2.50 bits per heavy atom. The summed E-state index contributed by atoms with van der Waals surface area (Å²) in [4.78, 5) is 27.1. The smallest absolute Gasteiger partial charge is 0.337 e. The minimum Gasteiger partial charge on any atom is -0.478 e. The molecule has 0 spiro atoms. The predicted molar refractivity (Wildman–Crippen MR) is 79.2 cm³/mol. The molecule has 2 amide bonds. The molecule has 1 heterocycles. The average Bonchev–Trinajstić information content (AvgIpc) is 2.39. The van der Waals surface area contributed by atoms with Gasteiger partial charge in [0.15, 0.2) is 0 Å². The van der Waals surface area contributed by atoms with Crippen molar-refractivity contribution in [2.45, 2.75) is 0 Å². The van der Waals surface area contributed by atoms with Gasteiger partial charge in [-0.2, -0.15) is 0 Å². The van der Waals surface area contributed by atoms with Crippen molar-refractivity contribution in [2.75, 3.05) is 38.5 Å². The van der Waals surface area contributed by atoms with Crippen LogP contribution in [0.3, 0.4) is 0 Å². The molecule has 0 aromatic heterocycles. The minimum absolute atomic E-state index is 0.0793. The number of carbonyl (C=O) groups excluding carboxylic acids is 1. The van der Waals surface area contributed by atoms with Crippen LogP contribution in [0.4, 0.5) is 10.5 Å². The van der Waals surface area contributed by atoms with Crippen LogP contribution < -0.4 is 5.32 Å². The van der Waals surface area contributed by atoms with Gasteiger partial charge in [0.2, 0.25) is 0 Å². The Kier molecular flexibility index (Phi) is 4.61. The lowest BCUT2D eigenvalue weighted by atomic mass is 10.2.